The third-order valence-corrected chi connectivity index (χ3v) is 12.3. The molecule has 0 spiro atoms. The van der Waals surface area contributed by atoms with Gasteiger partial charge in [0.15, 0.2) is 0 Å². The molecule has 2 saturated heterocycles. The Bertz CT molecular complexity index is 2010. The van der Waals surface area contributed by atoms with Gasteiger partial charge in [-0.05, 0) is 87.9 Å². The second-order valence-corrected chi connectivity index (χ2v) is 19.7. The smallest absolute Gasteiger partial charge is 0.408 e. The number of nitrogens with one attached hydrogen (secondary N) is 3. The highest BCUT2D eigenvalue weighted by atomic mass is 32.2. The van der Waals surface area contributed by atoms with Crippen LogP contribution in [0.2, 0.25) is 0 Å². The van der Waals surface area contributed by atoms with Crippen LogP contribution in [0.25, 0.3) is 10.8 Å². The van der Waals surface area contributed by atoms with Crippen LogP contribution in [-0.4, -0.2) is 128 Å². The lowest BCUT2D eigenvalue weighted by atomic mass is 9.85. The van der Waals surface area contributed by atoms with Crippen LogP contribution in [0, 0.1) is 11.3 Å². The lowest BCUT2D eigenvalue weighted by Crippen LogP contribution is -2.60. The van der Waals surface area contributed by atoms with Crippen molar-refractivity contribution in [3.8, 4) is 11.6 Å². The van der Waals surface area contributed by atoms with E-state index in [1.165, 1.54) is 4.90 Å². The van der Waals surface area contributed by atoms with Gasteiger partial charge in [0.05, 0.1) is 25.4 Å². The summed E-state index contributed by atoms with van der Waals surface area (Å²) in [6.45, 7) is 18.4. The second-order valence-electron chi connectivity index (χ2n) is 18.4. The molecule has 2 aromatic rings. The Morgan fingerprint density at radius 1 is 1.05 bits per heavy atom. The third kappa shape index (κ3) is 11.1. The molecule has 6 rings (SSSR count). The Kier molecular flexibility index (Phi) is 12.8. The Balaban J connectivity index is 1.23. The Morgan fingerprint density at radius 2 is 1.76 bits per heavy atom. The van der Waals surface area contributed by atoms with Gasteiger partial charge in [-0.1, -0.05) is 34.1 Å². The van der Waals surface area contributed by atoms with Gasteiger partial charge in [0.2, 0.25) is 17.7 Å². The van der Waals surface area contributed by atoms with E-state index in [-0.39, 0.29) is 25.3 Å². The van der Waals surface area contributed by atoms with Crippen LogP contribution in [0.3, 0.4) is 0 Å². The summed E-state index contributed by atoms with van der Waals surface area (Å²) in [7, 11) is -4.46. The summed E-state index contributed by atoms with van der Waals surface area (Å²) >= 11 is 0. The molecule has 326 valence electrons. The topological polar surface area (TPSA) is 204 Å². The first-order chi connectivity index (χ1) is 27.6. The molecule has 4 fully saturated rings. The highest BCUT2D eigenvalue weighted by Gasteiger charge is 2.62. The molecule has 0 bridgehead atoms. The number of benzene rings is 1. The summed E-state index contributed by atoms with van der Waals surface area (Å²) in [4.78, 5) is 63.9. The maximum atomic E-state index is 14.6. The highest BCUT2D eigenvalue weighted by molar-refractivity contribution is 7.85. The third-order valence-electron chi connectivity index (χ3n) is 11.2. The van der Waals surface area contributed by atoms with Gasteiger partial charge in [0.1, 0.15) is 41.7 Å². The minimum absolute atomic E-state index is 0.00985. The van der Waals surface area contributed by atoms with E-state index in [1.54, 1.807) is 54.7 Å². The highest BCUT2D eigenvalue weighted by Crippen LogP contribution is 2.47. The monoisotopic (exact) mass is 844 g/mol. The van der Waals surface area contributed by atoms with Gasteiger partial charge in [-0.15, -0.1) is 0 Å². The summed E-state index contributed by atoms with van der Waals surface area (Å²) in [6, 6.07) is 5.14. The number of morpholine rings is 1. The molecule has 1 aromatic heterocycles. The zero-order valence-corrected chi connectivity index (χ0v) is 36.2. The number of fused-ring (bicyclic) bond motifs is 1. The molecule has 5 atom stereocenters. The van der Waals surface area contributed by atoms with Crippen LogP contribution in [-0.2, 0) is 38.3 Å². The predicted molar refractivity (Wildman–Crippen MR) is 217 cm³/mol. The number of likely N-dealkylation sites (tertiary alicyclic amines) is 1. The molecule has 18 heteroatoms. The molecule has 4 aliphatic rings. The van der Waals surface area contributed by atoms with Crippen molar-refractivity contribution in [1.82, 2.24) is 30.1 Å². The molecule has 59 heavy (non-hydrogen) atoms. The fourth-order valence-electron chi connectivity index (χ4n) is 7.57. The molecule has 3 heterocycles. The van der Waals surface area contributed by atoms with E-state index < -0.39 is 74.5 Å². The van der Waals surface area contributed by atoms with Crippen LogP contribution in [0.4, 0.5) is 4.79 Å². The van der Waals surface area contributed by atoms with E-state index in [0.29, 0.717) is 56.1 Å². The number of alkyl carbamates (subject to hydrolysis) is 1. The van der Waals surface area contributed by atoms with Crippen LogP contribution >= 0.6 is 0 Å². The number of rotatable bonds is 15. The van der Waals surface area contributed by atoms with Gasteiger partial charge in [0.25, 0.3) is 5.91 Å². The largest absolute Gasteiger partial charge is 0.492 e. The number of amides is 4. The first-order valence-electron chi connectivity index (χ1n) is 20.5. The molecule has 17 nitrogen and oxygen atoms in total. The van der Waals surface area contributed by atoms with Crippen molar-refractivity contribution in [2.75, 3.05) is 46.0 Å². The van der Waals surface area contributed by atoms with Crippen LogP contribution in [0.15, 0.2) is 30.5 Å². The summed E-state index contributed by atoms with van der Waals surface area (Å²) in [5, 5.41) is 7.06. The zero-order valence-electron chi connectivity index (χ0n) is 35.4. The molecule has 3 N–H and O–H groups in total. The fraction of sp³-hybridized carbons (Fsp3) is 0.683. The van der Waals surface area contributed by atoms with Crippen molar-refractivity contribution in [3.63, 3.8) is 0 Å². The molecule has 4 amide bonds. The van der Waals surface area contributed by atoms with Gasteiger partial charge in [0, 0.05) is 37.6 Å². The van der Waals surface area contributed by atoms with E-state index in [0.717, 1.165) is 25.0 Å². The lowest BCUT2D eigenvalue weighted by Gasteiger charge is -2.36. The number of hydrogen-bond donors (Lipinski definition) is 3. The predicted octanol–water partition coefficient (Wildman–Crippen LogP) is 3.45. The van der Waals surface area contributed by atoms with E-state index >= 15 is 0 Å². The van der Waals surface area contributed by atoms with Gasteiger partial charge in [-0.2, -0.15) is 8.42 Å². The average molecular weight is 845 g/mol. The van der Waals surface area contributed by atoms with Crippen LogP contribution in [0.1, 0.15) is 87.5 Å². The van der Waals surface area contributed by atoms with Crippen molar-refractivity contribution < 1.29 is 50.7 Å². The number of aromatic nitrogens is 1. The van der Waals surface area contributed by atoms with Gasteiger partial charge in [-0.3, -0.25) is 19.3 Å². The summed E-state index contributed by atoms with van der Waals surface area (Å²) in [6.07, 6.45) is 1.82. The van der Waals surface area contributed by atoms with E-state index in [9.17, 15) is 27.6 Å². The normalized spacial score (nSPS) is 24.8. The second kappa shape index (κ2) is 17.0. The molecule has 2 saturated carbocycles. The van der Waals surface area contributed by atoms with Gasteiger partial charge < -0.3 is 34.5 Å². The summed E-state index contributed by atoms with van der Waals surface area (Å²) < 4.78 is 56.4. The minimum atomic E-state index is -4.46. The molecule has 0 unspecified atom stereocenters. The minimum Gasteiger partial charge on any atom is -0.492 e. The number of pyridine rings is 1. The number of hydrogen-bond acceptors (Lipinski definition) is 13. The average Bonchev–Trinajstić information content (AvgIpc) is 4.01. The summed E-state index contributed by atoms with van der Waals surface area (Å²) in [5.41, 5.74) is -4.08. The Morgan fingerprint density at radius 3 is 2.39 bits per heavy atom. The van der Waals surface area contributed by atoms with Crippen molar-refractivity contribution in [2.24, 2.45) is 11.3 Å². The summed E-state index contributed by atoms with van der Waals surface area (Å²) in [5.74, 6) is -1.52. The van der Waals surface area contributed by atoms with E-state index in [1.807, 2.05) is 35.9 Å². The van der Waals surface area contributed by atoms with E-state index in [4.69, 9.17) is 23.1 Å². The Labute approximate surface area is 346 Å². The van der Waals surface area contributed by atoms with Crippen molar-refractivity contribution in [3.05, 3.63) is 30.5 Å². The van der Waals surface area contributed by atoms with Crippen LogP contribution < -0.4 is 24.8 Å². The number of carbonyl (C=O) groups excluding carboxylic acids is 4. The zero-order chi connectivity index (χ0) is 43.0. The van der Waals surface area contributed by atoms with Crippen molar-refractivity contribution in [1.29, 1.82) is 0 Å². The molecular weight excluding hydrogens is 785 g/mol. The number of nitrogens with zero attached hydrogens (tertiary/aromatic N) is 3. The standard InChI is InChI=1S/C41H60N6O11S/c1-9-27-24-41(27,36(50)45-59(52,53)58-40(8)13-14-40)44-33(48)31-23-29(25-47(31)35(49)32(38(2,3)4)43-37(51)57-39(5,6)7)56-34-30-11-10-28(22-26(30)12-15-42-34)55-21-18-46-16-19-54-20-17-46/h10-12,15,22,27,29,31-32H,9,13-14,16-21,23-25H2,1-8H3,(H,43,51)(H,44,48)(H,45,50)/t27-,29-,31+,32-,41-/m1/s1. The number of carbonyl (C=O) groups is 4. The Hall–Kier alpha value is -4.26. The maximum absolute atomic E-state index is 14.6. The molecule has 2 aliphatic heterocycles. The number of ether oxygens (including phenoxy) is 4. The first kappa shape index (κ1) is 44.3. The quantitative estimate of drug-likeness (QED) is 0.236. The van der Waals surface area contributed by atoms with Crippen LogP contribution in [0.5, 0.6) is 11.6 Å². The van der Waals surface area contributed by atoms with Crippen molar-refractivity contribution in [2.45, 2.75) is 122 Å². The van der Waals surface area contributed by atoms with Gasteiger partial charge in [-0.25, -0.2) is 18.7 Å². The molecule has 0 radical (unpaired) electrons. The fourth-order valence-corrected chi connectivity index (χ4v) is 8.71. The lowest BCUT2D eigenvalue weighted by molar-refractivity contribution is -0.143. The van der Waals surface area contributed by atoms with E-state index in [2.05, 4.69) is 20.5 Å². The molecule has 1 aromatic carbocycles. The van der Waals surface area contributed by atoms with Crippen molar-refractivity contribution >= 4 is 44.9 Å². The molecule has 2 aliphatic carbocycles. The first-order valence-corrected chi connectivity index (χ1v) is 21.9. The maximum Gasteiger partial charge on any atom is 0.408 e. The van der Waals surface area contributed by atoms with Gasteiger partial charge >= 0.3 is 16.4 Å². The molecular formula is C41H60N6O11S. The SMILES string of the molecule is CC[C@@H]1C[C@]1(NC(=O)[C@@H]1C[C@@H](Oc2nccc3cc(OCCN4CCOCC4)ccc23)CN1C(=O)[C@@H](NC(=O)OC(C)(C)C)C(C)(C)C)C(=O)NS(=O)(=O)OC1(C)CC1.